The molecule has 0 radical (unpaired) electrons. The van der Waals surface area contributed by atoms with Gasteiger partial charge < -0.3 is 19.5 Å². The molecule has 6 nitrogen and oxygen atoms in total. The van der Waals surface area contributed by atoms with Gasteiger partial charge in [-0.05, 0) is 6.42 Å². The van der Waals surface area contributed by atoms with Crippen molar-refractivity contribution in [3.05, 3.63) is 12.2 Å². The number of carbonyl (C=O) groups is 2. The first-order valence-corrected chi connectivity index (χ1v) is 6.47. The summed E-state index contributed by atoms with van der Waals surface area (Å²) in [5, 5.41) is 9.29. The lowest BCUT2D eigenvalue weighted by atomic mass is 9.77. The second kappa shape index (κ2) is 4.31. The van der Waals surface area contributed by atoms with Crippen molar-refractivity contribution in [1.29, 1.82) is 0 Å². The third-order valence-corrected chi connectivity index (χ3v) is 4.24. The molecule has 1 N–H and O–H groups in total. The molecule has 1 amide bonds. The number of rotatable bonds is 5. The van der Waals surface area contributed by atoms with E-state index < -0.39 is 29.5 Å². The third-order valence-electron chi connectivity index (χ3n) is 4.24. The van der Waals surface area contributed by atoms with Gasteiger partial charge in [0, 0.05) is 20.3 Å². The fourth-order valence-electron chi connectivity index (χ4n) is 3.45. The van der Waals surface area contributed by atoms with Crippen molar-refractivity contribution in [2.24, 2.45) is 11.8 Å². The number of likely N-dealkylation sites (tertiary alicyclic amines) is 1. The van der Waals surface area contributed by atoms with Crippen molar-refractivity contribution < 1.29 is 24.2 Å². The van der Waals surface area contributed by atoms with Gasteiger partial charge in [-0.25, -0.2) is 0 Å². The molecule has 3 rings (SSSR count). The Hall–Kier alpha value is -1.40. The van der Waals surface area contributed by atoms with Crippen LogP contribution in [0.4, 0.5) is 0 Å². The summed E-state index contributed by atoms with van der Waals surface area (Å²) in [7, 11) is 1.62. The van der Waals surface area contributed by atoms with Crippen molar-refractivity contribution in [3.8, 4) is 0 Å². The molecular weight excluding hydrogens is 250 g/mol. The summed E-state index contributed by atoms with van der Waals surface area (Å²) in [5.74, 6) is -2.36. The summed E-state index contributed by atoms with van der Waals surface area (Å²) in [5.41, 5.74) is -0.710. The molecule has 0 aromatic heterocycles. The molecule has 2 bridgehead atoms. The minimum absolute atomic E-state index is 0.102. The predicted molar refractivity (Wildman–Crippen MR) is 64.4 cm³/mol. The van der Waals surface area contributed by atoms with Gasteiger partial charge in [0.15, 0.2) is 0 Å². The summed E-state index contributed by atoms with van der Waals surface area (Å²) in [4.78, 5) is 25.4. The van der Waals surface area contributed by atoms with Crippen LogP contribution in [0, 0.1) is 11.8 Å². The molecule has 4 atom stereocenters. The zero-order chi connectivity index (χ0) is 13.6. The maximum atomic E-state index is 12.4. The highest BCUT2D eigenvalue weighted by Crippen LogP contribution is 2.51. The van der Waals surface area contributed by atoms with E-state index in [0.29, 0.717) is 19.7 Å². The van der Waals surface area contributed by atoms with E-state index >= 15 is 0 Å². The average molecular weight is 267 g/mol. The van der Waals surface area contributed by atoms with Crippen LogP contribution in [0.1, 0.15) is 6.42 Å². The fourth-order valence-corrected chi connectivity index (χ4v) is 3.45. The van der Waals surface area contributed by atoms with Crippen LogP contribution in [0.15, 0.2) is 12.2 Å². The number of aliphatic carboxylic acids is 1. The Morgan fingerprint density at radius 1 is 1.68 bits per heavy atom. The number of hydrogen-bond donors (Lipinski definition) is 1. The Labute approximate surface area is 111 Å². The molecule has 104 valence electrons. The van der Waals surface area contributed by atoms with Gasteiger partial charge >= 0.3 is 5.97 Å². The minimum atomic E-state index is -0.951. The topological polar surface area (TPSA) is 76.1 Å². The second-order valence-electron chi connectivity index (χ2n) is 5.34. The maximum absolute atomic E-state index is 12.4. The van der Waals surface area contributed by atoms with E-state index in [1.54, 1.807) is 18.1 Å². The summed E-state index contributed by atoms with van der Waals surface area (Å²) in [6, 6.07) is 0. The first kappa shape index (κ1) is 12.6. The normalized spacial score (nSPS) is 39.1. The largest absolute Gasteiger partial charge is 0.481 e. The van der Waals surface area contributed by atoms with Gasteiger partial charge in [-0.15, -0.1) is 0 Å². The second-order valence-corrected chi connectivity index (χ2v) is 5.34. The Kier molecular flexibility index (Phi) is 2.87. The van der Waals surface area contributed by atoms with Gasteiger partial charge in [0.2, 0.25) is 5.91 Å². The highest BCUT2D eigenvalue weighted by Gasteiger charge is 2.66. The standard InChI is InChI=1S/C13H17NO5/c1-18-6-2-5-14-7-13-4-3-8(19-13)9(12(16)17)10(13)11(14)15/h3-4,8-10H,2,5-7H2,1H3,(H,16,17)/t8-,9-,10+,13-/m1/s1. The Morgan fingerprint density at radius 3 is 3.16 bits per heavy atom. The highest BCUT2D eigenvalue weighted by molar-refractivity contribution is 5.90. The summed E-state index contributed by atoms with van der Waals surface area (Å²) in [6.07, 6.45) is 3.94. The molecule has 0 aromatic rings. The Bertz CT molecular complexity index is 448. The van der Waals surface area contributed by atoms with Gasteiger partial charge in [-0.2, -0.15) is 0 Å². The van der Waals surface area contributed by atoms with Gasteiger partial charge in [0.1, 0.15) is 11.5 Å². The minimum Gasteiger partial charge on any atom is -0.481 e. The fraction of sp³-hybridized carbons (Fsp3) is 0.692. The van der Waals surface area contributed by atoms with E-state index in [0.717, 1.165) is 6.42 Å². The van der Waals surface area contributed by atoms with Gasteiger partial charge in [-0.1, -0.05) is 12.2 Å². The maximum Gasteiger partial charge on any atom is 0.310 e. The van der Waals surface area contributed by atoms with Gasteiger partial charge in [-0.3, -0.25) is 9.59 Å². The molecule has 1 spiro atoms. The number of methoxy groups -OCH3 is 1. The van der Waals surface area contributed by atoms with E-state index in [-0.39, 0.29) is 5.91 Å². The zero-order valence-corrected chi connectivity index (χ0v) is 10.7. The number of hydrogen-bond acceptors (Lipinski definition) is 4. The van der Waals surface area contributed by atoms with E-state index in [1.807, 2.05) is 6.08 Å². The molecule has 3 aliphatic heterocycles. The molecule has 0 aromatic carbocycles. The number of carboxylic acid groups (broad SMARTS) is 1. The van der Waals surface area contributed by atoms with Crippen molar-refractivity contribution in [2.75, 3.05) is 26.8 Å². The number of carbonyl (C=O) groups excluding carboxylic acids is 1. The lowest BCUT2D eigenvalue weighted by molar-refractivity contribution is -0.148. The molecule has 2 saturated heterocycles. The van der Waals surface area contributed by atoms with Crippen LogP contribution < -0.4 is 0 Å². The SMILES string of the molecule is COCCCN1C[C@@]23C=C[C@@H](O2)[C@@H](C(=O)O)[C@H]3C1=O. The van der Waals surface area contributed by atoms with E-state index in [1.165, 1.54) is 0 Å². The van der Waals surface area contributed by atoms with Crippen molar-refractivity contribution in [1.82, 2.24) is 4.90 Å². The number of fused-ring (bicyclic) bond motifs is 1. The molecule has 3 aliphatic rings. The van der Waals surface area contributed by atoms with E-state index in [4.69, 9.17) is 9.47 Å². The Morgan fingerprint density at radius 2 is 2.47 bits per heavy atom. The van der Waals surface area contributed by atoms with Crippen LogP contribution in [0.3, 0.4) is 0 Å². The van der Waals surface area contributed by atoms with Crippen molar-refractivity contribution in [3.63, 3.8) is 0 Å². The highest BCUT2D eigenvalue weighted by atomic mass is 16.5. The van der Waals surface area contributed by atoms with Gasteiger partial charge in [0.25, 0.3) is 0 Å². The molecular formula is C13H17NO5. The van der Waals surface area contributed by atoms with Crippen LogP contribution in [0.5, 0.6) is 0 Å². The third kappa shape index (κ3) is 1.70. The van der Waals surface area contributed by atoms with Gasteiger partial charge in [0.05, 0.1) is 18.6 Å². The molecule has 19 heavy (non-hydrogen) atoms. The van der Waals surface area contributed by atoms with Crippen LogP contribution >= 0.6 is 0 Å². The van der Waals surface area contributed by atoms with Crippen LogP contribution in [0.2, 0.25) is 0 Å². The Balaban J connectivity index is 1.79. The summed E-state index contributed by atoms with van der Waals surface area (Å²) in [6.45, 7) is 1.62. The van der Waals surface area contributed by atoms with Crippen LogP contribution in [0.25, 0.3) is 0 Å². The zero-order valence-electron chi connectivity index (χ0n) is 10.7. The van der Waals surface area contributed by atoms with Crippen LogP contribution in [-0.2, 0) is 19.1 Å². The lowest BCUT2D eigenvalue weighted by Crippen LogP contribution is -2.39. The number of carboxylic acids is 1. The van der Waals surface area contributed by atoms with Crippen molar-refractivity contribution in [2.45, 2.75) is 18.1 Å². The first-order valence-electron chi connectivity index (χ1n) is 6.47. The molecule has 0 unspecified atom stereocenters. The van der Waals surface area contributed by atoms with Crippen molar-refractivity contribution >= 4 is 11.9 Å². The van der Waals surface area contributed by atoms with Crippen LogP contribution in [-0.4, -0.2) is 60.4 Å². The molecule has 3 heterocycles. The monoisotopic (exact) mass is 267 g/mol. The number of amides is 1. The quantitative estimate of drug-likeness (QED) is 0.555. The molecule has 6 heteroatoms. The summed E-state index contributed by atoms with van der Waals surface area (Å²) >= 11 is 0. The smallest absolute Gasteiger partial charge is 0.310 e. The molecule has 0 aliphatic carbocycles. The number of ether oxygens (including phenoxy) is 2. The number of nitrogens with zero attached hydrogens (tertiary/aromatic N) is 1. The summed E-state index contributed by atoms with van der Waals surface area (Å²) < 4.78 is 10.8. The lowest BCUT2D eigenvalue weighted by Gasteiger charge is -2.21. The predicted octanol–water partition coefficient (Wildman–Crippen LogP) is -0.111. The average Bonchev–Trinajstić information content (AvgIpc) is 2.99. The molecule has 2 fully saturated rings. The first-order chi connectivity index (χ1) is 9.09. The van der Waals surface area contributed by atoms with E-state index in [2.05, 4.69) is 0 Å². The molecule has 0 saturated carbocycles. The van der Waals surface area contributed by atoms with E-state index in [9.17, 15) is 14.7 Å².